The fourth-order valence-corrected chi connectivity index (χ4v) is 0. The van der Waals surface area contributed by atoms with Crippen molar-refractivity contribution in [2.75, 3.05) is 0 Å². The molecule has 0 aromatic rings. The van der Waals surface area contributed by atoms with Crippen molar-refractivity contribution in [3.63, 3.8) is 0 Å². The normalized spacial score (nSPS) is 11.6. The SMILES string of the molecule is NS(=O)(=O)S.NS(=O)(=O)S.NS(=O)(=O)S. The van der Waals surface area contributed by atoms with Crippen LogP contribution in [0.15, 0.2) is 0 Å². The van der Waals surface area contributed by atoms with E-state index in [-0.39, 0.29) is 0 Å². The van der Waals surface area contributed by atoms with E-state index < -0.39 is 27.2 Å². The Morgan fingerprint density at radius 1 is 0.533 bits per heavy atom. The van der Waals surface area contributed by atoms with Crippen LogP contribution in [0.4, 0.5) is 0 Å². The molecule has 0 bridgehead atoms. The first-order valence-corrected chi connectivity index (χ1v) is 10.1. The van der Waals surface area contributed by atoms with Crippen LogP contribution >= 0.6 is 35.0 Å². The van der Waals surface area contributed by atoms with E-state index in [2.05, 4.69) is 50.4 Å². The van der Waals surface area contributed by atoms with Gasteiger partial charge in [0.05, 0.1) is 0 Å². The van der Waals surface area contributed by atoms with Crippen LogP contribution in [0, 0.1) is 0 Å². The summed E-state index contributed by atoms with van der Waals surface area (Å²) < 4.78 is 55.6. The van der Waals surface area contributed by atoms with Crippen molar-refractivity contribution in [1.29, 1.82) is 0 Å². The first kappa shape index (κ1) is 21.1. The lowest BCUT2D eigenvalue weighted by molar-refractivity contribution is 0.610. The van der Waals surface area contributed by atoms with Gasteiger partial charge >= 0.3 is 0 Å². The average molecular weight is 339 g/mol. The Hall–Kier alpha value is 0.780. The molecule has 0 aliphatic carbocycles. The van der Waals surface area contributed by atoms with E-state index in [1.165, 1.54) is 0 Å². The Balaban J connectivity index is -0.000000144. The van der Waals surface area contributed by atoms with Crippen molar-refractivity contribution in [3.05, 3.63) is 0 Å². The van der Waals surface area contributed by atoms with Crippen LogP contribution < -0.4 is 15.4 Å². The zero-order chi connectivity index (χ0) is 13.5. The monoisotopic (exact) mass is 339 g/mol. The van der Waals surface area contributed by atoms with Crippen molar-refractivity contribution >= 4 is 62.1 Å². The largest absolute Gasteiger partial charge is 0.259 e. The van der Waals surface area contributed by atoms with Crippen molar-refractivity contribution in [3.8, 4) is 0 Å². The third-order valence-electron chi connectivity index (χ3n) is 0. The van der Waals surface area contributed by atoms with Gasteiger partial charge < -0.3 is 0 Å². The summed E-state index contributed by atoms with van der Waals surface area (Å²) in [4.78, 5) is 0. The van der Waals surface area contributed by atoms with Gasteiger partial charge in [-0.1, -0.05) is 0 Å². The van der Waals surface area contributed by atoms with Gasteiger partial charge in [0, 0.05) is 0 Å². The van der Waals surface area contributed by atoms with Gasteiger partial charge in [0.25, 0.3) is 27.2 Å². The molecule has 0 atom stereocenters. The molecule has 0 unspecified atom stereocenters. The van der Waals surface area contributed by atoms with E-state index in [4.69, 9.17) is 0 Å². The van der Waals surface area contributed by atoms with E-state index in [9.17, 15) is 25.3 Å². The molecule has 0 saturated carbocycles. The van der Waals surface area contributed by atoms with Gasteiger partial charge in [-0.2, -0.15) is 0 Å². The minimum atomic E-state index is -3.47. The summed E-state index contributed by atoms with van der Waals surface area (Å²) in [6.45, 7) is 0. The zero-order valence-electron chi connectivity index (χ0n) is 6.75. The fraction of sp³-hybridized carbons (Fsp3) is 0. The molecule has 15 heteroatoms. The molecule has 96 valence electrons. The molecule has 0 fully saturated rings. The Labute approximate surface area is 102 Å². The van der Waals surface area contributed by atoms with Crippen molar-refractivity contribution in [2.45, 2.75) is 0 Å². The van der Waals surface area contributed by atoms with Gasteiger partial charge in [0.1, 0.15) is 0 Å². The van der Waals surface area contributed by atoms with Gasteiger partial charge in [0.15, 0.2) is 0 Å². The molecule has 0 aliphatic rings. The number of nitrogens with two attached hydrogens (primary N) is 3. The minimum Gasteiger partial charge on any atom is -0.220 e. The molecular formula is H9N3O6S6. The Morgan fingerprint density at radius 3 is 0.533 bits per heavy atom. The first-order valence-electron chi connectivity index (χ1n) is 2.25. The average Bonchev–Trinajstić information content (AvgIpc) is 1.41. The second-order valence-electron chi connectivity index (χ2n) is 1.54. The predicted octanol–water partition coefficient (Wildman–Crippen LogP) is -2.64. The maximum Gasteiger partial charge on any atom is 0.259 e. The van der Waals surface area contributed by atoms with E-state index in [1.54, 1.807) is 0 Å². The van der Waals surface area contributed by atoms with Gasteiger partial charge in [-0.25, -0.2) is 40.7 Å². The van der Waals surface area contributed by atoms with Crippen molar-refractivity contribution < 1.29 is 25.3 Å². The lowest BCUT2D eigenvalue weighted by Gasteiger charge is -1.69. The quantitative estimate of drug-likeness (QED) is 0.207. The highest BCUT2D eigenvalue weighted by atomic mass is 33.1. The standard InChI is InChI=1S/3H3NO2S2/c3*1-5(2,3)4/h3*(H3,1,2,3,4). The van der Waals surface area contributed by atoms with Crippen LogP contribution in [-0.2, 0) is 27.2 Å². The summed E-state index contributed by atoms with van der Waals surface area (Å²) in [5, 5.41) is 12.6. The number of hydrogen-bond donors (Lipinski definition) is 6. The molecule has 0 radical (unpaired) electrons. The van der Waals surface area contributed by atoms with E-state index in [0.29, 0.717) is 0 Å². The molecule has 0 heterocycles. The molecule has 0 aliphatic heterocycles. The molecule has 0 spiro atoms. The Kier molecular flexibility index (Phi) is 11.2. The van der Waals surface area contributed by atoms with E-state index in [0.717, 1.165) is 0 Å². The molecule has 0 aromatic carbocycles. The number of thiol groups is 3. The van der Waals surface area contributed by atoms with Crippen molar-refractivity contribution in [2.24, 2.45) is 15.4 Å². The minimum absolute atomic E-state index is 2.87. The summed E-state index contributed by atoms with van der Waals surface area (Å²) in [6.07, 6.45) is 0. The third kappa shape index (κ3) is 3970. The van der Waals surface area contributed by atoms with Gasteiger partial charge in [0.2, 0.25) is 0 Å². The Bertz CT molecular complexity index is 344. The van der Waals surface area contributed by atoms with Gasteiger partial charge in [-0.3, -0.25) is 0 Å². The second-order valence-corrected chi connectivity index (χ2v) is 9.22. The van der Waals surface area contributed by atoms with Crippen LogP contribution in [-0.4, -0.2) is 25.3 Å². The highest BCUT2D eigenvalue weighted by molar-refractivity contribution is 8.63. The smallest absolute Gasteiger partial charge is 0.220 e. The maximum atomic E-state index is 9.27. The van der Waals surface area contributed by atoms with E-state index in [1.807, 2.05) is 0 Å². The lowest BCUT2D eigenvalue weighted by atomic mass is 13.9. The molecule has 0 amide bonds. The fourth-order valence-electron chi connectivity index (χ4n) is 0. The molecular weight excluding hydrogens is 330 g/mol. The summed E-state index contributed by atoms with van der Waals surface area (Å²) in [5.74, 6) is 0. The zero-order valence-corrected chi connectivity index (χ0v) is 11.9. The molecule has 9 nitrogen and oxygen atoms in total. The summed E-state index contributed by atoms with van der Waals surface area (Å²) in [5.41, 5.74) is 0. The van der Waals surface area contributed by atoms with Crippen molar-refractivity contribution in [1.82, 2.24) is 0 Å². The summed E-state index contributed by atoms with van der Waals surface area (Å²) in [6, 6.07) is 0. The Morgan fingerprint density at radius 2 is 0.533 bits per heavy atom. The van der Waals surface area contributed by atoms with Crippen LogP contribution in [0.25, 0.3) is 0 Å². The molecule has 0 saturated heterocycles. The predicted molar refractivity (Wildman–Crippen MR) is 66.3 cm³/mol. The van der Waals surface area contributed by atoms with Gasteiger partial charge in [-0.05, 0) is 35.0 Å². The molecule has 0 rings (SSSR count). The lowest BCUT2D eigenvalue weighted by Crippen LogP contribution is -2.00. The summed E-state index contributed by atoms with van der Waals surface area (Å²) in [7, 11) is -10.4. The second kappa shape index (κ2) is 7.96. The van der Waals surface area contributed by atoms with Crippen LogP contribution in [0.5, 0.6) is 0 Å². The van der Waals surface area contributed by atoms with Crippen LogP contribution in [0.3, 0.4) is 0 Å². The number of rotatable bonds is 0. The molecule has 15 heavy (non-hydrogen) atoms. The highest BCUT2D eigenvalue weighted by Gasteiger charge is 1.81. The highest BCUT2D eigenvalue weighted by Crippen LogP contribution is 1.76. The topological polar surface area (TPSA) is 180 Å². The van der Waals surface area contributed by atoms with E-state index >= 15 is 0 Å². The third-order valence-corrected chi connectivity index (χ3v) is 0. The van der Waals surface area contributed by atoms with Gasteiger partial charge in [-0.15, -0.1) is 0 Å². The van der Waals surface area contributed by atoms with Crippen LogP contribution in [0.1, 0.15) is 0 Å². The molecule has 6 N–H and O–H groups in total. The first-order chi connectivity index (χ1) is 6.00. The summed E-state index contributed by atoms with van der Waals surface area (Å²) >= 11 is 8.62. The van der Waals surface area contributed by atoms with Crippen LogP contribution in [0.2, 0.25) is 0 Å². The number of hydrogen-bond acceptors (Lipinski definition) is 6. The molecule has 0 aromatic heterocycles. The maximum absolute atomic E-state index is 9.27.